The fraction of sp³-hybridized carbons (Fsp3) is 0.240. The van der Waals surface area contributed by atoms with Crippen LogP contribution in [-0.2, 0) is 30.6 Å². The number of halogens is 4. The first-order valence-electron chi connectivity index (χ1n) is 11.6. The number of amides is 1. The van der Waals surface area contributed by atoms with Crippen LogP contribution in [0.5, 0.6) is 0 Å². The van der Waals surface area contributed by atoms with Crippen molar-refractivity contribution in [1.82, 2.24) is 4.31 Å². The molecule has 1 aliphatic rings. The fourth-order valence-corrected chi connectivity index (χ4v) is 8.07. The molecule has 1 fully saturated rings. The number of hydrogen-bond donors (Lipinski definition) is 2. The van der Waals surface area contributed by atoms with E-state index < -0.39 is 26.0 Å². The minimum absolute atomic E-state index is 0.00875. The minimum Gasteiger partial charge on any atom is -0.326 e. The van der Waals surface area contributed by atoms with Crippen LogP contribution in [0, 0.1) is 5.92 Å². The van der Waals surface area contributed by atoms with E-state index in [0.29, 0.717) is 24.1 Å². The number of carbonyl (C=O) groups excluding carboxylic acids is 1. The molecule has 0 saturated carbocycles. The third-order valence-corrected chi connectivity index (χ3v) is 10.4. The predicted molar refractivity (Wildman–Crippen MR) is 156 cm³/mol. The maximum Gasteiger partial charge on any atom is 0.261 e. The summed E-state index contributed by atoms with van der Waals surface area (Å²) < 4.78 is 55.3. The van der Waals surface area contributed by atoms with Crippen molar-refractivity contribution < 1.29 is 21.6 Å². The second-order valence-corrected chi connectivity index (χ2v) is 14.3. The van der Waals surface area contributed by atoms with E-state index in [0.717, 1.165) is 0 Å². The molecule has 3 aromatic rings. The Balaban J connectivity index is 1.40. The number of anilines is 2. The molecule has 0 aromatic heterocycles. The van der Waals surface area contributed by atoms with Gasteiger partial charge in [-0.15, -0.1) is 0 Å². The second-order valence-electron chi connectivity index (χ2n) is 8.93. The summed E-state index contributed by atoms with van der Waals surface area (Å²) in [5.41, 5.74) is 0.890. The van der Waals surface area contributed by atoms with Gasteiger partial charge in [-0.2, -0.15) is 0 Å². The van der Waals surface area contributed by atoms with Crippen molar-refractivity contribution in [2.45, 2.75) is 23.5 Å². The van der Waals surface area contributed by atoms with Gasteiger partial charge in [-0.25, -0.2) is 21.1 Å². The lowest BCUT2D eigenvalue weighted by Gasteiger charge is -2.31. The van der Waals surface area contributed by atoms with Gasteiger partial charge in [-0.1, -0.05) is 52.5 Å². The molecule has 0 radical (unpaired) electrons. The van der Waals surface area contributed by atoms with Gasteiger partial charge in [0.1, 0.15) is 0 Å². The van der Waals surface area contributed by atoms with Crippen LogP contribution in [0.3, 0.4) is 0 Å². The van der Waals surface area contributed by atoms with E-state index >= 15 is 0 Å². The molecule has 0 spiro atoms. The summed E-state index contributed by atoms with van der Waals surface area (Å²) in [6.07, 6.45) is 1.01. The second kappa shape index (κ2) is 12.2. The summed E-state index contributed by atoms with van der Waals surface area (Å²) in [4.78, 5) is 12.9. The molecular formula is C25H23Cl4N3O5S2. The Labute approximate surface area is 247 Å². The molecule has 1 atom stereocenters. The van der Waals surface area contributed by atoms with Crippen LogP contribution in [0.1, 0.15) is 18.4 Å². The smallest absolute Gasteiger partial charge is 0.261 e. The summed E-state index contributed by atoms with van der Waals surface area (Å²) in [7, 11) is -7.72. The Hall–Kier alpha value is -2.05. The molecule has 8 nitrogen and oxygen atoms in total. The average Bonchev–Trinajstić information content (AvgIpc) is 2.86. The van der Waals surface area contributed by atoms with E-state index in [-0.39, 0.29) is 55.4 Å². The van der Waals surface area contributed by atoms with Crippen LogP contribution in [0.15, 0.2) is 65.6 Å². The third-order valence-electron chi connectivity index (χ3n) is 6.08. The summed E-state index contributed by atoms with van der Waals surface area (Å²) >= 11 is 24.2. The van der Waals surface area contributed by atoms with Crippen molar-refractivity contribution in [2.24, 2.45) is 5.92 Å². The van der Waals surface area contributed by atoms with Crippen molar-refractivity contribution >= 4 is 83.7 Å². The molecule has 0 aliphatic carbocycles. The van der Waals surface area contributed by atoms with E-state index in [1.54, 1.807) is 18.2 Å². The normalized spacial score (nSPS) is 16.6. The Morgan fingerprint density at radius 3 is 2.10 bits per heavy atom. The molecule has 14 heteroatoms. The van der Waals surface area contributed by atoms with Crippen LogP contribution in [0.2, 0.25) is 20.1 Å². The maximum atomic E-state index is 13.1. The number of nitrogens with one attached hydrogen (secondary N) is 2. The molecule has 2 N–H and O–H groups in total. The van der Waals surface area contributed by atoms with Crippen molar-refractivity contribution in [3.63, 3.8) is 0 Å². The van der Waals surface area contributed by atoms with E-state index in [1.807, 2.05) is 0 Å². The van der Waals surface area contributed by atoms with Gasteiger partial charge < -0.3 is 5.32 Å². The number of benzene rings is 3. The van der Waals surface area contributed by atoms with Crippen molar-refractivity contribution in [3.8, 4) is 0 Å². The first kappa shape index (κ1) is 29.9. The van der Waals surface area contributed by atoms with Gasteiger partial charge in [0.15, 0.2) is 0 Å². The zero-order chi connectivity index (χ0) is 28.4. The largest absolute Gasteiger partial charge is 0.326 e. The molecule has 1 aliphatic heterocycles. The highest BCUT2D eigenvalue weighted by molar-refractivity contribution is 7.92. The highest BCUT2D eigenvalue weighted by atomic mass is 35.5. The number of carbonyl (C=O) groups is 1. The first-order chi connectivity index (χ1) is 18.3. The van der Waals surface area contributed by atoms with Crippen LogP contribution in [0.25, 0.3) is 0 Å². The van der Waals surface area contributed by atoms with Gasteiger partial charge in [0.05, 0.1) is 22.3 Å². The maximum absolute atomic E-state index is 13.1. The van der Waals surface area contributed by atoms with Crippen molar-refractivity contribution in [3.05, 3.63) is 86.3 Å². The molecule has 0 unspecified atom stereocenters. The first-order valence-corrected chi connectivity index (χ1v) is 16.2. The number of rotatable bonds is 8. The molecule has 1 heterocycles. The summed E-state index contributed by atoms with van der Waals surface area (Å²) in [6, 6.07) is 14.7. The van der Waals surface area contributed by atoms with E-state index in [2.05, 4.69) is 10.0 Å². The molecule has 39 heavy (non-hydrogen) atoms. The van der Waals surface area contributed by atoms with Crippen LogP contribution in [0.4, 0.5) is 11.4 Å². The molecule has 208 valence electrons. The summed E-state index contributed by atoms with van der Waals surface area (Å²) in [5.74, 6) is -1.33. The molecule has 3 aromatic carbocycles. The number of nitrogens with zero attached hydrogens (tertiary/aromatic N) is 1. The lowest BCUT2D eigenvalue weighted by Crippen LogP contribution is -2.44. The summed E-state index contributed by atoms with van der Waals surface area (Å²) in [5, 5.41) is 3.82. The SMILES string of the molecule is O=C(Nc1ccc(S(=O)(=O)Nc2cc(Cl)cc(Cl)c2)cc1)[C@H]1CCCN(S(=O)(=O)Cc2c(Cl)cccc2Cl)C1. The van der Waals surface area contributed by atoms with Gasteiger partial charge in [-0.05, 0) is 67.4 Å². The van der Waals surface area contributed by atoms with E-state index in [9.17, 15) is 21.6 Å². The fourth-order valence-electron chi connectivity index (χ4n) is 4.14. The highest BCUT2D eigenvalue weighted by Crippen LogP contribution is 2.30. The Bertz CT molecular complexity index is 1560. The molecule has 4 rings (SSSR count). The van der Waals surface area contributed by atoms with Gasteiger partial charge >= 0.3 is 0 Å². The van der Waals surface area contributed by atoms with Crippen molar-refractivity contribution in [1.29, 1.82) is 0 Å². The van der Waals surface area contributed by atoms with E-state index in [4.69, 9.17) is 46.4 Å². The molecular weight excluding hydrogens is 628 g/mol. The van der Waals surface area contributed by atoms with Gasteiger partial charge in [0.2, 0.25) is 15.9 Å². The summed E-state index contributed by atoms with van der Waals surface area (Å²) in [6.45, 7) is 0.292. The van der Waals surface area contributed by atoms with Gasteiger partial charge in [-0.3, -0.25) is 9.52 Å². The predicted octanol–water partition coefficient (Wildman–Crippen LogP) is 6.28. The minimum atomic E-state index is -3.94. The Morgan fingerprint density at radius 1 is 0.872 bits per heavy atom. The lowest BCUT2D eigenvalue weighted by molar-refractivity contribution is -0.120. The zero-order valence-corrected chi connectivity index (χ0v) is 24.9. The molecule has 1 saturated heterocycles. The van der Waals surface area contributed by atoms with Crippen LogP contribution >= 0.6 is 46.4 Å². The quantitative estimate of drug-likeness (QED) is 0.298. The molecule has 1 amide bonds. The third kappa shape index (κ3) is 7.58. The monoisotopic (exact) mass is 649 g/mol. The number of sulfonamides is 2. The van der Waals surface area contributed by atoms with Crippen LogP contribution < -0.4 is 10.0 Å². The Kier molecular flexibility index (Phi) is 9.37. The highest BCUT2D eigenvalue weighted by Gasteiger charge is 2.33. The zero-order valence-electron chi connectivity index (χ0n) is 20.2. The number of piperidine rings is 1. The lowest BCUT2D eigenvalue weighted by atomic mass is 9.99. The topological polar surface area (TPSA) is 113 Å². The standard InChI is InChI=1S/C25H23Cl4N3O5S2/c26-17-11-18(27)13-20(12-17)31-39(36,37)21-8-6-19(7-9-21)30-25(33)16-3-2-10-32(14-16)38(34,35)15-22-23(28)4-1-5-24(22)29/h1,4-9,11-13,16,31H,2-3,10,14-15H2,(H,30,33)/t16-/m0/s1. The van der Waals surface area contributed by atoms with Gasteiger partial charge in [0.25, 0.3) is 10.0 Å². The van der Waals surface area contributed by atoms with Crippen LogP contribution in [-0.4, -0.2) is 40.1 Å². The average molecular weight is 651 g/mol. The van der Waals surface area contributed by atoms with E-state index in [1.165, 1.54) is 46.8 Å². The van der Waals surface area contributed by atoms with Crippen molar-refractivity contribution in [2.75, 3.05) is 23.1 Å². The number of hydrogen-bond acceptors (Lipinski definition) is 5. The van der Waals surface area contributed by atoms with Gasteiger partial charge in [0, 0.05) is 44.4 Å². The Morgan fingerprint density at radius 2 is 1.49 bits per heavy atom. The molecule has 0 bridgehead atoms.